The summed E-state index contributed by atoms with van der Waals surface area (Å²) in [6.45, 7) is 8.15. The Morgan fingerprint density at radius 2 is 1.79 bits per heavy atom. The Kier molecular flexibility index (Phi) is 8.70. The lowest BCUT2D eigenvalue weighted by Gasteiger charge is -2.28. The summed E-state index contributed by atoms with van der Waals surface area (Å²) in [6.07, 6.45) is 0. The molecule has 0 aliphatic heterocycles. The highest BCUT2D eigenvalue weighted by molar-refractivity contribution is 7.99. The molecule has 0 fully saturated rings. The Morgan fingerprint density at radius 1 is 1.14 bits per heavy atom. The SMILES string of the molecule is CCNC(=O)[C@H](C)N(Cc1ccccc1F)C(=O)CSCc1cc(C)cc(C)c1. The van der Waals surface area contributed by atoms with Gasteiger partial charge in [-0.05, 0) is 39.3 Å². The van der Waals surface area contributed by atoms with Gasteiger partial charge in [0.25, 0.3) is 0 Å². The molecule has 0 bridgehead atoms. The molecule has 0 aromatic heterocycles. The van der Waals surface area contributed by atoms with E-state index < -0.39 is 6.04 Å². The van der Waals surface area contributed by atoms with Gasteiger partial charge in [0.05, 0.1) is 5.75 Å². The number of halogens is 1. The molecule has 1 atom stereocenters. The number of likely N-dealkylation sites (N-methyl/N-ethyl adjacent to an activating group) is 1. The van der Waals surface area contributed by atoms with E-state index in [1.165, 1.54) is 33.9 Å². The van der Waals surface area contributed by atoms with Gasteiger partial charge in [-0.2, -0.15) is 0 Å². The third-order valence-electron chi connectivity index (χ3n) is 4.59. The first-order chi connectivity index (χ1) is 13.8. The molecule has 0 heterocycles. The Hall–Kier alpha value is -2.34. The number of hydrogen-bond acceptors (Lipinski definition) is 3. The molecule has 2 rings (SSSR count). The maximum atomic E-state index is 14.1. The monoisotopic (exact) mass is 416 g/mol. The normalized spacial score (nSPS) is 11.8. The fourth-order valence-corrected chi connectivity index (χ4v) is 4.05. The van der Waals surface area contributed by atoms with Crippen LogP contribution in [0.2, 0.25) is 0 Å². The van der Waals surface area contributed by atoms with E-state index in [-0.39, 0.29) is 29.9 Å². The van der Waals surface area contributed by atoms with Crippen molar-refractivity contribution in [1.29, 1.82) is 0 Å². The summed E-state index contributed by atoms with van der Waals surface area (Å²) < 4.78 is 14.1. The zero-order valence-corrected chi connectivity index (χ0v) is 18.3. The van der Waals surface area contributed by atoms with Gasteiger partial charge in [-0.15, -0.1) is 11.8 Å². The van der Waals surface area contributed by atoms with Gasteiger partial charge in [0.2, 0.25) is 11.8 Å². The predicted octanol–water partition coefficient (Wildman–Crippen LogP) is 4.23. The van der Waals surface area contributed by atoms with Gasteiger partial charge < -0.3 is 10.2 Å². The number of nitrogens with one attached hydrogen (secondary N) is 1. The summed E-state index contributed by atoms with van der Waals surface area (Å²) in [5.41, 5.74) is 3.95. The zero-order valence-electron chi connectivity index (χ0n) is 17.5. The minimum absolute atomic E-state index is 0.0634. The molecular weight excluding hydrogens is 387 g/mol. The number of hydrogen-bond donors (Lipinski definition) is 1. The second-order valence-corrected chi connectivity index (χ2v) is 8.16. The lowest BCUT2D eigenvalue weighted by Crippen LogP contribution is -2.48. The molecule has 29 heavy (non-hydrogen) atoms. The average molecular weight is 417 g/mol. The molecule has 2 amide bonds. The number of benzene rings is 2. The Balaban J connectivity index is 2.08. The fourth-order valence-electron chi connectivity index (χ4n) is 3.21. The molecule has 1 N–H and O–H groups in total. The molecule has 6 heteroatoms. The van der Waals surface area contributed by atoms with Crippen molar-refractivity contribution in [3.8, 4) is 0 Å². The van der Waals surface area contributed by atoms with Crippen LogP contribution in [0.1, 0.15) is 36.1 Å². The molecule has 0 spiro atoms. The first-order valence-corrected chi connectivity index (χ1v) is 10.9. The van der Waals surface area contributed by atoms with E-state index >= 15 is 0 Å². The van der Waals surface area contributed by atoms with Crippen LogP contribution in [0.5, 0.6) is 0 Å². The number of amides is 2. The lowest BCUT2D eigenvalue weighted by atomic mass is 10.1. The highest BCUT2D eigenvalue weighted by atomic mass is 32.2. The Labute approximate surface area is 176 Å². The van der Waals surface area contributed by atoms with Crippen LogP contribution in [0.25, 0.3) is 0 Å². The number of thioether (sulfide) groups is 1. The fraction of sp³-hybridized carbons (Fsp3) is 0.391. The van der Waals surface area contributed by atoms with Crippen LogP contribution in [0.4, 0.5) is 4.39 Å². The van der Waals surface area contributed by atoms with Crippen molar-refractivity contribution in [2.75, 3.05) is 12.3 Å². The van der Waals surface area contributed by atoms with Crippen LogP contribution in [0.15, 0.2) is 42.5 Å². The number of rotatable bonds is 9. The lowest BCUT2D eigenvalue weighted by molar-refractivity contribution is -0.138. The van der Waals surface area contributed by atoms with Gasteiger partial charge in [-0.3, -0.25) is 9.59 Å². The van der Waals surface area contributed by atoms with E-state index in [0.717, 1.165) is 5.56 Å². The molecule has 0 aliphatic rings. The molecule has 0 unspecified atom stereocenters. The molecule has 0 aliphatic carbocycles. The highest BCUT2D eigenvalue weighted by Gasteiger charge is 2.26. The van der Waals surface area contributed by atoms with Crippen LogP contribution in [-0.2, 0) is 21.9 Å². The maximum absolute atomic E-state index is 14.1. The van der Waals surface area contributed by atoms with Crippen molar-refractivity contribution in [1.82, 2.24) is 10.2 Å². The Bertz CT molecular complexity index is 836. The van der Waals surface area contributed by atoms with Crippen molar-refractivity contribution in [2.24, 2.45) is 0 Å². The van der Waals surface area contributed by atoms with Crippen LogP contribution >= 0.6 is 11.8 Å². The second kappa shape index (κ2) is 11.0. The van der Waals surface area contributed by atoms with Gasteiger partial charge >= 0.3 is 0 Å². The molecular formula is C23H29FN2O2S. The van der Waals surface area contributed by atoms with Crippen LogP contribution in [0, 0.1) is 19.7 Å². The van der Waals surface area contributed by atoms with Crippen LogP contribution in [0.3, 0.4) is 0 Å². The summed E-state index contributed by atoms with van der Waals surface area (Å²) >= 11 is 1.50. The maximum Gasteiger partial charge on any atom is 0.242 e. The number of nitrogens with zero attached hydrogens (tertiary/aromatic N) is 1. The predicted molar refractivity (Wildman–Crippen MR) is 117 cm³/mol. The Morgan fingerprint density at radius 3 is 2.41 bits per heavy atom. The zero-order chi connectivity index (χ0) is 21.4. The van der Waals surface area contributed by atoms with Gasteiger partial charge in [-0.1, -0.05) is 47.5 Å². The number of aryl methyl sites for hydroxylation is 2. The van der Waals surface area contributed by atoms with Gasteiger partial charge in [0.15, 0.2) is 0 Å². The second-order valence-electron chi connectivity index (χ2n) is 7.17. The first kappa shape index (κ1) is 22.9. The summed E-state index contributed by atoms with van der Waals surface area (Å²) in [7, 11) is 0. The molecule has 156 valence electrons. The van der Waals surface area contributed by atoms with Gasteiger partial charge in [0.1, 0.15) is 11.9 Å². The third-order valence-corrected chi connectivity index (χ3v) is 5.58. The summed E-state index contributed by atoms with van der Waals surface area (Å²) in [4.78, 5) is 26.7. The summed E-state index contributed by atoms with van der Waals surface area (Å²) in [5.74, 6) is 0.136. The summed E-state index contributed by atoms with van der Waals surface area (Å²) in [6, 6.07) is 12.0. The average Bonchev–Trinajstić information content (AvgIpc) is 2.66. The van der Waals surface area contributed by atoms with Crippen molar-refractivity contribution < 1.29 is 14.0 Å². The van der Waals surface area contributed by atoms with E-state index in [9.17, 15) is 14.0 Å². The minimum Gasteiger partial charge on any atom is -0.355 e. The quantitative estimate of drug-likeness (QED) is 0.666. The number of carbonyl (C=O) groups excluding carboxylic acids is 2. The molecule has 4 nitrogen and oxygen atoms in total. The molecule has 0 radical (unpaired) electrons. The van der Waals surface area contributed by atoms with Gasteiger partial charge in [-0.25, -0.2) is 4.39 Å². The molecule has 2 aromatic rings. The van der Waals surface area contributed by atoms with Crippen LogP contribution in [-0.4, -0.2) is 35.1 Å². The molecule has 0 saturated carbocycles. The number of carbonyl (C=O) groups is 2. The van der Waals surface area contributed by atoms with E-state index in [1.807, 2.05) is 6.92 Å². The van der Waals surface area contributed by atoms with E-state index in [4.69, 9.17) is 0 Å². The topological polar surface area (TPSA) is 49.4 Å². The van der Waals surface area contributed by atoms with E-state index in [1.54, 1.807) is 25.1 Å². The molecule has 2 aromatic carbocycles. The minimum atomic E-state index is -0.677. The summed E-state index contributed by atoms with van der Waals surface area (Å²) in [5, 5.41) is 2.74. The highest BCUT2D eigenvalue weighted by Crippen LogP contribution is 2.19. The van der Waals surface area contributed by atoms with Crippen molar-refractivity contribution >= 4 is 23.6 Å². The largest absolute Gasteiger partial charge is 0.355 e. The van der Waals surface area contributed by atoms with E-state index in [0.29, 0.717) is 17.9 Å². The molecule has 0 saturated heterocycles. The van der Waals surface area contributed by atoms with Gasteiger partial charge in [0, 0.05) is 24.4 Å². The standard InChI is InChI=1S/C23H29FN2O2S/c1-5-25-23(28)18(4)26(13-20-8-6-7-9-21(20)24)22(27)15-29-14-19-11-16(2)10-17(3)12-19/h6-12,18H,5,13-15H2,1-4H3,(H,25,28)/t18-/m0/s1. The van der Waals surface area contributed by atoms with Crippen LogP contribution < -0.4 is 5.32 Å². The van der Waals surface area contributed by atoms with E-state index in [2.05, 4.69) is 37.4 Å². The third kappa shape index (κ3) is 6.89. The van der Waals surface area contributed by atoms with Crippen molar-refractivity contribution in [2.45, 2.75) is 46.0 Å². The first-order valence-electron chi connectivity index (χ1n) is 9.77. The van der Waals surface area contributed by atoms with Crippen molar-refractivity contribution in [3.63, 3.8) is 0 Å². The van der Waals surface area contributed by atoms with Crippen molar-refractivity contribution in [3.05, 3.63) is 70.5 Å². The smallest absolute Gasteiger partial charge is 0.242 e.